The van der Waals surface area contributed by atoms with E-state index in [1.165, 1.54) is 17.0 Å². The van der Waals surface area contributed by atoms with Crippen molar-refractivity contribution in [3.05, 3.63) is 36.1 Å². The van der Waals surface area contributed by atoms with Crippen molar-refractivity contribution in [3.8, 4) is 11.3 Å². The summed E-state index contributed by atoms with van der Waals surface area (Å²) in [4.78, 5) is 14.0. The molecule has 0 aliphatic carbocycles. The monoisotopic (exact) mass is 348 g/mol. The molecular formula is C17H21FN4O3. The lowest BCUT2D eigenvalue weighted by Crippen LogP contribution is -2.49. The van der Waals surface area contributed by atoms with Gasteiger partial charge in [0, 0.05) is 31.6 Å². The Balaban J connectivity index is 1.79. The van der Waals surface area contributed by atoms with E-state index in [1.54, 1.807) is 36.9 Å². The van der Waals surface area contributed by atoms with E-state index in [9.17, 15) is 19.4 Å². The summed E-state index contributed by atoms with van der Waals surface area (Å²) in [5, 5.41) is 26.3. The highest BCUT2D eigenvalue weighted by atomic mass is 19.1. The fourth-order valence-corrected chi connectivity index (χ4v) is 3.19. The number of nitrogens with one attached hydrogen (secondary N) is 1. The number of hydrogen-bond acceptors (Lipinski definition) is 4. The van der Waals surface area contributed by atoms with E-state index in [4.69, 9.17) is 0 Å². The predicted molar refractivity (Wildman–Crippen MR) is 90.4 cm³/mol. The molecule has 1 aromatic heterocycles. The van der Waals surface area contributed by atoms with Gasteiger partial charge in [0.2, 0.25) is 0 Å². The quantitative estimate of drug-likeness (QED) is 0.785. The van der Waals surface area contributed by atoms with Crippen molar-refractivity contribution in [1.82, 2.24) is 14.7 Å². The zero-order valence-corrected chi connectivity index (χ0v) is 14.1. The number of aliphatic hydroxyl groups excluding tert-OH is 2. The molecule has 2 aromatic rings. The first kappa shape index (κ1) is 17.4. The smallest absolute Gasteiger partial charge is 0.323 e. The van der Waals surface area contributed by atoms with Crippen LogP contribution in [-0.2, 0) is 7.05 Å². The Hall–Kier alpha value is -2.45. The molecule has 2 amide bonds. The summed E-state index contributed by atoms with van der Waals surface area (Å²) in [7, 11) is 1.73. The first-order chi connectivity index (χ1) is 11.8. The van der Waals surface area contributed by atoms with Crippen LogP contribution in [0.15, 0.2) is 30.3 Å². The van der Waals surface area contributed by atoms with Crippen LogP contribution < -0.4 is 5.32 Å². The fraction of sp³-hybridized carbons (Fsp3) is 0.412. The lowest BCUT2D eigenvalue weighted by Gasteiger charge is -2.32. The third-order valence-corrected chi connectivity index (χ3v) is 4.56. The van der Waals surface area contributed by atoms with Crippen LogP contribution in [0.25, 0.3) is 11.3 Å². The zero-order chi connectivity index (χ0) is 18.2. The number of carbonyl (C=O) groups is 1. The van der Waals surface area contributed by atoms with Crippen molar-refractivity contribution >= 4 is 11.8 Å². The molecule has 8 heteroatoms. The van der Waals surface area contributed by atoms with Gasteiger partial charge in [-0.25, -0.2) is 9.18 Å². The molecule has 1 aromatic carbocycles. The van der Waals surface area contributed by atoms with E-state index in [-0.39, 0.29) is 19.0 Å². The molecule has 1 aliphatic rings. The van der Waals surface area contributed by atoms with Gasteiger partial charge in [0.25, 0.3) is 0 Å². The molecule has 3 rings (SSSR count). The third-order valence-electron chi connectivity index (χ3n) is 4.56. The minimum absolute atomic E-state index is 0.153. The minimum Gasteiger partial charge on any atom is -0.394 e. The van der Waals surface area contributed by atoms with Crippen LogP contribution in [0, 0.1) is 5.82 Å². The average Bonchev–Trinajstić information content (AvgIpc) is 3.08. The van der Waals surface area contributed by atoms with Crippen LogP contribution in [-0.4, -0.2) is 55.7 Å². The van der Waals surface area contributed by atoms with Gasteiger partial charge < -0.3 is 15.1 Å². The Bertz CT molecular complexity index is 777. The number of carbonyl (C=O) groups excluding carboxylic acids is 1. The van der Waals surface area contributed by atoms with Gasteiger partial charge in [-0.1, -0.05) is 0 Å². The minimum atomic E-state index is -0.807. The number of benzene rings is 1. The number of halogens is 1. The number of amides is 2. The van der Waals surface area contributed by atoms with Gasteiger partial charge in [-0.3, -0.25) is 10.00 Å². The van der Waals surface area contributed by atoms with Crippen molar-refractivity contribution in [2.24, 2.45) is 7.05 Å². The first-order valence-electron chi connectivity index (χ1n) is 8.00. The highest BCUT2D eigenvalue weighted by molar-refractivity contribution is 5.89. The number of aliphatic hydroxyl groups is 2. The highest BCUT2D eigenvalue weighted by Crippen LogP contribution is 2.30. The molecule has 1 fully saturated rings. The summed E-state index contributed by atoms with van der Waals surface area (Å²) in [5.41, 5.74) is 0.688. The molecule has 134 valence electrons. The normalized spacial score (nSPS) is 23.1. The van der Waals surface area contributed by atoms with Gasteiger partial charge in [-0.2, -0.15) is 5.10 Å². The molecule has 3 N–H and O–H groups in total. The number of nitrogens with zero attached hydrogens (tertiary/aromatic N) is 3. The van der Waals surface area contributed by atoms with Crippen molar-refractivity contribution < 1.29 is 19.4 Å². The van der Waals surface area contributed by atoms with Gasteiger partial charge in [0.05, 0.1) is 23.9 Å². The maximum atomic E-state index is 13.1. The SMILES string of the molecule is Cn1nc(NC(=O)N2CC(O)CC2(C)CO)cc1-c1ccc(F)cc1. The average molecular weight is 348 g/mol. The van der Waals surface area contributed by atoms with Crippen LogP contribution in [0.4, 0.5) is 15.0 Å². The van der Waals surface area contributed by atoms with E-state index in [0.717, 1.165) is 11.3 Å². The Labute approximate surface area is 144 Å². The number of hydrogen-bond donors (Lipinski definition) is 3. The number of β-amino-alcohol motifs (C(OH)–C–C–N with tert-alkyl or cyclic N) is 1. The van der Waals surface area contributed by atoms with Crippen LogP contribution >= 0.6 is 0 Å². The number of likely N-dealkylation sites (tertiary alicyclic amines) is 1. The predicted octanol–water partition coefficient (Wildman–Crippen LogP) is 1.58. The van der Waals surface area contributed by atoms with Crippen molar-refractivity contribution in [2.75, 3.05) is 18.5 Å². The third kappa shape index (κ3) is 3.35. The Kier molecular flexibility index (Phi) is 4.49. The van der Waals surface area contributed by atoms with Crippen molar-refractivity contribution in [3.63, 3.8) is 0 Å². The maximum absolute atomic E-state index is 13.1. The lowest BCUT2D eigenvalue weighted by molar-refractivity contribution is 0.103. The molecule has 0 bridgehead atoms. The summed E-state index contributed by atoms with van der Waals surface area (Å²) in [6.07, 6.45) is -0.346. The largest absolute Gasteiger partial charge is 0.394 e. The molecule has 0 radical (unpaired) electrons. The second-order valence-electron chi connectivity index (χ2n) is 6.60. The number of rotatable bonds is 3. The molecular weight excluding hydrogens is 327 g/mol. The highest BCUT2D eigenvalue weighted by Gasteiger charge is 2.43. The van der Waals surface area contributed by atoms with Gasteiger partial charge in [0.1, 0.15) is 5.82 Å². The van der Waals surface area contributed by atoms with Crippen LogP contribution in [0.2, 0.25) is 0 Å². The Morgan fingerprint density at radius 1 is 1.44 bits per heavy atom. The second kappa shape index (κ2) is 6.45. The van der Waals surface area contributed by atoms with Crippen LogP contribution in [0.3, 0.4) is 0 Å². The standard InChI is InChI=1S/C17H21FN4O3/c1-17(10-23)8-13(24)9-22(17)16(25)19-15-7-14(21(2)20-15)11-3-5-12(18)6-4-11/h3-7,13,23-24H,8-10H2,1-2H3,(H,19,20,25). The molecule has 7 nitrogen and oxygen atoms in total. The Morgan fingerprint density at radius 3 is 2.76 bits per heavy atom. The van der Waals surface area contributed by atoms with Crippen molar-refractivity contribution in [2.45, 2.75) is 25.0 Å². The van der Waals surface area contributed by atoms with Gasteiger partial charge in [-0.15, -0.1) is 0 Å². The van der Waals surface area contributed by atoms with E-state index in [2.05, 4.69) is 10.4 Å². The van der Waals surface area contributed by atoms with E-state index < -0.39 is 17.7 Å². The molecule has 25 heavy (non-hydrogen) atoms. The molecule has 2 unspecified atom stereocenters. The fourth-order valence-electron chi connectivity index (χ4n) is 3.19. The number of aromatic nitrogens is 2. The molecule has 0 saturated carbocycles. The summed E-state index contributed by atoms with van der Waals surface area (Å²) in [6.45, 7) is 1.65. The van der Waals surface area contributed by atoms with E-state index >= 15 is 0 Å². The maximum Gasteiger partial charge on any atom is 0.323 e. The second-order valence-corrected chi connectivity index (χ2v) is 6.60. The van der Waals surface area contributed by atoms with Gasteiger partial charge in [0.15, 0.2) is 5.82 Å². The molecule has 2 atom stereocenters. The summed E-state index contributed by atoms with van der Waals surface area (Å²) in [6, 6.07) is 7.25. The van der Waals surface area contributed by atoms with Gasteiger partial charge >= 0.3 is 6.03 Å². The van der Waals surface area contributed by atoms with Gasteiger partial charge in [-0.05, 0) is 31.2 Å². The van der Waals surface area contributed by atoms with E-state index in [0.29, 0.717) is 12.2 Å². The number of aryl methyl sites for hydroxylation is 1. The summed E-state index contributed by atoms with van der Waals surface area (Å²) < 4.78 is 14.7. The first-order valence-corrected chi connectivity index (χ1v) is 8.00. The summed E-state index contributed by atoms with van der Waals surface area (Å²) in [5.74, 6) is 0.0174. The molecule has 1 aliphatic heterocycles. The zero-order valence-electron chi connectivity index (χ0n) is 14.1. The number of anilines is 1. The van der Waals surface area contributed by atoms with E-state index in [1.807, 2.05) is 0 Å². The van der Waals surface area contributed by atoms with Crippen LogP contribution in [0.1, 0.15) is 13.3 Å². The lowest BCUT2D eigenvalue weighted by atomic mass is 10.00. The Morgan fingerprint density at radius 2 is 2.12 bits per heavy atom. The van der Waals surface area contributed by atoms with Crippen LogP contribution in [0.5, 0.6) is 0 Å². The van der Waals surface area contributed by atoms with Crippen molar-refractivity contribution in [1.29, 1.82) is 0 Å². The molecule has 2 heterocycles. The molecule has 0 spiro atoms. The summed E-state index contributed by atoms with van der Waals surface area (Å²) >= 11 is 0. The topological polar surface area (TPSA) is 90.6 Å². The molecule has 1 saturated heterocycles. The number of urea groups is 1.